The van der Waals surface area contributed by atoms with Crippen molar-refractivity contribution in [2.24, 2.45) is 0 Å². The first-order valence-corrected chi connectivity index (χ1v) is 4.79. The molecule has 1 nitrogen and oxygen atoms in total. The van der Waals surface area contributed by atoms with Gasteiger partial charge < -0.3 is 5.32 Å². The molecular weight excluding hydrogens is 142 g/mol. The Hall–Kier alpha value is -0.130. The first kappa shape index (κ1) is 7.97. The van der Waals surface area contributed by atoms with Gasteiger partial charge in [0.05, 0.1) is 6.54 Å². The molecule has 0 radical (unpaired) electrons. The van der Waals surface area contributed by atoms with Gasteiger partial charge in [-0.25, -0.2) is 0 Å². The van der Waals surface area contributed by atoms with E-state index in [2.05, 4.69) is 17.2 Å². The highest BCUT2D eigenvalue weighted by Gasteiger charge is 2.12. The molecule has 1 N–H and O–H groups in total. The van der Waals surface area contributed by atoms with Crippen molar-refractivity contribution < 1.29 is 0 Å². The molecule has 0 aromatic rings. The number of hydrogen-bond acceptors (Lipinski definition) is 2. The fourth-order valence-corrected chi connectivity index (χ4v) is 2.17. The minimum atomic E-state index is 0.728. The summed E-state index contributed by atoms with van der Waals surface area (Å²) in [6.07, 6.45) is 1.32. The lowest BCUT2D eigenvalue weighted by Gasteiger charge is -2.06. The summed E-state index contributed by atoms with van der Waals surface area (Å²) in [6, 6.07) is 0.728. The van der Waals surface area contributed by atoms with Gasteiger partial charge >= 0.3 is 0 Å². The maximum absolute atomic E-state index is 3.39. The average molecular weight is 155 g/mol. The molecule has 0 saturated carbocycles. The second-order valence-electron chi connectivity index (χ2n) is 2.37. The van der Waals surface area contributed by atoms with E-state index in [4.69, 9.17) is 0 Å². The molecular formula is C8H13NS. The second kappa shape index (κ2) is 4.65. The molecule has 0 aromatic carbocycles. The van der Waals surface area contributed by atoms with Crippen LogP contribution in [0.5, 0.6) is 0 Å². The molecule has 1 aliphatic rings. The van der Waals surface area contributed by atoms with Crippen LogP contribution in [0.15, 0.2) is 0 Å². The van der Waals surface area contributed by atoms with Crippen molar-refractivity contribution in [2.75, 3.05) is 18.1 Å². The molecule has 0 bridgehead atoms. The Morgan fingerprint density at radius 2 is 2.60 bits per heavy atom. The highest BCUT2D eigenvalue weighted by molar-refractivity contribution is 7.99. The van der Waals surface area contributed by atoms with Crippen LogP contribution in [0.4, 0.5) is 0 Å². The maximum atomic E-state index is 3.39. The van der Waals surface area contributed by atoms with E-state index in [0.29, 0.717) is 0 Å². The first-order chi connectivity index (χ1) is 4.93. The Labute approximate surface area is 67.0 Å². The van der Waals surface area contributed by atoms with Gasteiger partial charge in [-0.05, 0) is 19.1 Å². The molecule has 0 aliphatic carbocycles. The van der Waals surface area contributed by atoms with Crippen molar-refractivity contribution in [3.63, 3.8) is 0 Å². The largest absolute Gasteiger partial charge is 0.303 e. The predicted octanol–water partition coefficient (Wildman–Crippen LogP) is 1.10. The average Bonchev–Trinajstić information content (AvgIpc) is 2.41. The van der Waals surface area contributed by atoms with Gasteiger partial charge in [0, 0.05) is 11.8 Å². The zero-order chi connectivity index (χ0) is 7.23. The van der Waals surface area contributed by atoms with E-state index >= 15 is 0 Å². The summed E-state index contributed by atoms with van der Waals surface area (Å²) in [6.45, 7) is 2.74. The van der Waals surface area contributed by atoms with E-state index in [9.17, 15) is 0 Å². The van der Waals surface area contributed by atoms with Crippen LogP contribution in [0.3, 0.4) is 0 Å². The Morgan fingerprint density at radius 1 is 1.70 bits per heavy atom. The minimum absolute atomic E-state index is 0.728. The molecule has 1 fully saturated rings. The van der Waals surface area contributed by atoms with E-state index < -0.39 is 0 Å². The van der Waals surface area contributed by atoms with Crippen molar-refractivity contribution in [3.8, 4) is 11.8 Å². The fourth-order valence-electron chi connectivity index (χ4n) is 0.979. The van der Waals surface area contributed by atoms with Crippen LogP contribution in [-0.2, 0) is 0 Å². The van der Waals surface area contributed by atoms with Crippen LogP contribution in [0.1, 0.15) is 13.3 Å². The van der Waals surface area contributed by atoms with Crippen molar-refractivity contribution >= 4 is 11.8 Å². The van der Waals surface area contributed by atoms with E-state index in [1.54, 1.807) is 0 Å². The van der Waals surface area contributed by atoms with Gasteiger partial charge in [0.25, 0.3) is 0 Å². The molecule has 1 rings (SSSR count). The van der Waals surface area contributed by atoms with Gasteiger partial charge in [0.15, 0.2) is 0 Å². The van der Waals surface area contributed by atoms with Crippen molar-refractivity contribution in [2.45, 2.75) is 19.4 Å². The standard InChI is InChI=1S/C8H13NS/c1-2-3-5-9-8-4-6-10-7-8/h8-9H,4-7H2,1H3. The summed E-state index contributed by atoms with van der Waals surface area (Å²) >= 11 is 2.03. The van der Waals surface area contributed by atoms with Crippen LogP contribution in [0.2, 0.25) is 0 Å². The molecule has 10 heavy (non-hydrogen) atoms. The topological polar surface area (TPSA) is 12.0 Å². The summed E-state index contributed by atoms with van der Waals surface area (Å²) in [5.41, 5.74) is 0. The Morgan fingerprint density at radius 3 is 3.20 bits per heavy atom. The number of nitrogens with one attached hydrogen (secondary N) is 1. The quantitative estimate of drug-likeness (QED) is 0.599. The summed E-state index contributed by atoms with van der Waals surface area (Å²) in [7, 11) is 0. The molecule has 0 aromatic heterocycles. The van der Waals surface area contributed by atoms with Crippen LogP contribution in [0, 0.1) is 11.8 Å². The van der Waals surface area contributed by atoms with Gasteiger partial charge in [-0.3, -0.25) is 0 Å². The zero-order valence-electron chi connectivity index (χ0n) is 6.31. The van der Waals surface area contributed by atoms with Crippen LogP contribution in [-0.4, -0.2) is 24.1 Å². The third kappa shape index (κ3) is 2.64. The van der Waals surface area contributed by atoms with Gasteiger partial charge in [-0.2, -0.15) is 11.8 Å². The lowest BCUT2D eigenvalue weighted by Crippen LogP contribution is -2.28. The third-order valence-corrected chi connectivity index (χ3v) is 2.75. The van der Waals surface area contributed by atoms with Gasteiger partial charge in [-0.1, -0.05) is 5.92 Å². The molecule has 2 heteroatoms. The molecule has 0 amide bonds. The van der Waals surface area contributed by atoms with E-state index in [0.717, 1.165) is 12.6 Å². The smallest absolute Gasteiger partial charge is 0.0578 e. The Balaban J connectivity index is 2.05. The van der Waals surface area contributed by atoms with Crippen LogP contribution in [0.25, 0.3) is 0 Å². The number of thioether (sulfide) groups is 1. The molecule has 1 atom stereocenters. The summed E-state index contributed by atoms with van der Waals surface area (Å²) < 4.78 is 0. The summed E-state index contributed by atoms with van der Waals surface area (Å²) in [5, 5.41) is 3.39. The van der Waals surface area contributed by atoms with Crippen LogP contribution < -0.4 is 5.32 Å². The van der Waals surface area contributed by atoms with E-state index in [1.165, 1.54) is 17.9 Å². The van der Waals surface area contributed by atoms with Crippen molar-refractivity contribution in [1.29, 1.82) is 0 Å². The third-order valence-electron chi connectivity index (χ3n) is 1.59. The summed E-state index contributed by atoms with van der Waals surface area (Å²) in [4.78, 5) is 0. The Bertz CT molecular complexity index is 139. The molecule has 1 aliphatic heterocycles. The molecule has 1 unspecified atom stereocenters. The van der Waals surface area contributed by atoms with Gasteiger partial charge in [0.2, 0.25) is 0 Å². The van der Waals surface area contributed by atoms with Crippen molar-refractivity contribution in [1.82, 2.24) is 5.32 Å². The monoisotopic (exact) mass is 155 g/mol. The predicted molar refractivity (Wildman–Crippen MR) is 47.2 cm³/mol. The molecule has 0 spiro atoms. The normalized spacial score (nSPS) is 23.9. The highest BCUT2D eigenvalue weighted by Crippen LogP contribution is 2.16. The number of hydrogen-bond donors (Lipinski definition) is 1. The zero-order valence-corrected chi connectivity index (χ0v) is 7.13. The maximum Gasteiger partial charge on any atom is 0.0578 e. The number of rotatable bonds is 2. The van der Waals surface area contributed by atoms with Crippen LogP contribution >= 0.6 is 11.8 Å². The lowest BCUT2D eigenvalue weighted by atomic mass is 10.3. The molecule has 56 valence electrons. The molecule has 1 saturated heterocycles. The van der Waals surface area contributed by atoms with Gasteiger partial charge in [0.1, 0.15) is 0 Å². The molecule has 1 heterocycles. The van der Waals surface area contributed by atoms with Gasteiger partial charge in [-0.15, -0.1) is 5.92 Å². The summed E-state index contributed by atoms with van der Waals surface area (Å²) in [5.74, 6) is 8.46. The second-order valence-corrected chi connectivity index (χ2v) is 3.52. The van der Waals surface area contributed by atoms with E-state index in [-0.39, 0.29) is 0 Å². The Kier molecular flexibility index (Phi) is 3.71. The van der Waals surface area contributed by atoms with Crippen molar-refractivity contribution in [3.05, 3.63) is 0 Å². The highest BCUT2D eigenvalue weighted by atomic mass is 32.2. The van der Waals surface area contributed by atoms with E-state index in [1.807, 2.05) is 18.7 Å². The minimum Gasteiger partial charge on any atom is -0.303 e. The first-order valence-electron chi connectivity index (χ1n) is 3.64. The lowest BCUT2D eigenvalue weighted by molar-refractivity contribution is 0.600. The SMILES string of the molecule is CC#CCNC1CCSC1. The fraction of sp³-hybridized carbons (Fsp3) is 0.750.